The normalized spacial score (nSPS) is 12.9. The third kappa shape index (κ3) is 2.84. The number of thiophene rings is 1. The number of aryl methyl sites for hydroxylation is 1. The van der Waals surface area contributed by atoms with E-state index in [0.717, 1.165) is 16.8 Å². The highest BCUT2D eigenvalue weighted by molar-refractivity contribution is 9.11. The zero-order valence-electron chi connectivity index (χ0n) is 9.59. The first-order chi connectivity index (χ1) is 8.13. The van der Waals surface area contributed by atoms with Crippen LogP contribution < -0.4 is 5.32 Å². The molecule has 0 spiro atoms. The predicted molar refractivity (Wildman–Crippen MR) is 78.7 cm³/mol. The van der Waals surface area contributed by atoms with Crippen LogP contribution in [-0.4, -0.2) is 6.54 Å². The Bertz CT molecular complexity index is 487. The molecule has 0 aliphatic carbocycles. The minimum Gasteiger partial charge on any atom is -0.466 e. The minimum absolute atomic E-state index is 0.111. The van der Waals surface area contributed by atoms with Crippen LogP contribution >= 0.6 is 43.2 Å². The molecule has 92 valence electrons. The minimum atomic E-state index is 0.111. The van der Waals surface area contributed by atoms with Gasteiger partial charge in [0.2, 0.25) is 0 Å². The zero-order chi connectivity index (χ0) is 12.4. The van der Waals surface area contributed by atoms with E-state index in [4.69, 9.17) is 4.42 Å². The van der Waals surface area contributed by atoms with Gasteiger partial charge < -0.3 is 9.73 Å². The quantitative estimate of drug-likeness (QED) is 0.820. The van der Waals surface area contributed by atoms with E-state index in [1.54, 1.807) is 17.6 Å². The summed E-state index contributed by atoms with van der Waals surface area (Å²) in [6, 6.07) is 4.23. The van der Waals surface area contributed by atoms with E-state index in [1.165, 1.54) is 14.2 Å². The molecule has 2 rings (SSSR count). The van der Waals surface area contributed by atoms with Crippen molar-refractivity contribution in [1.29, 1.82) is 0 Å². The Balaban J connectivity index is 2.39. The van der Waals surface area contributed by atoms with E-state index < -0.39 is 0 Å². The van der Waals surface area contributed by atoms with Gasteiger partial charge in [0.05, 0.1) is 14.5 Å². The standard InChI is InChI=1S/C12H13Br2NOS/c1-3-15-10(11-8(13)4-5-16-11)9-6-7(2)12(14)17-9/h4-6,10,15H,3H2,1-2H3. The Morgan fingerprint density at radius 2 is 2.24 bits per heavy atom. The van der Waals surface area contributed by atoms with Crippen LogP contribution in [0.15, 0.2) is 31.1 Å². The molecule has 2 aromatic rings. The fourth-order valence-electron chi connectivity index (χ4n) is 1.66. The molecule has 0 saturated carbocycles. The lowest BCUT2D eigenvalue weighted by Gasteiger charge is -2.14. The first-order valence-corrected chi connectivity index (χ1v) is 7.75. The van der Waals surface area contributed by atoms with Crippen LogP contribution in [0.1, 0.15) is 29.2 Å². The van der Waals surface area contributed by atoms with Crippen molar-refractivity contribution in [3.8, 4) is 0 Å². The molecule has 17 heavy (non-hydrogen) atoms. The summed E-state index contributed by atoms with van der Waals surface area (Å²) in [5, 5.41) is 3.45. The molecular formula is C12H13Br2NOS. The van der Waals surface area contributed by atoms with Crippen molar-refractivity contribution in [3.63, 3.8) is 0 Å². The summed E-state index contributed by atoms with van der Waals surface area (Å²) >= 11 is 8.83. The Hall–Kier alpha value is -0.100. The highest BCUT2D eigenvalue weighted by Gasteiger charge is 2.21. The van der Waals surface area contributed by atoms with Gasteiger partial charge in [-0.15, -0.1) is 11.3 Å². The molecule has 0 fully saturated rings. The molecule has 0 aromatic carbocycles. The van der Waals surface area contributed by atoms with Gasteiger partial charge in [-0.2, -0.15) is 0 Å². The molecular weight excluding hydrogens is 366 g/mol. The van der Waals surface area contributed by atoms with E-state index in [2.05, 4.69) is 57.1 Å². The fraction of sp³-hybridized carbons (Fsp3) is 0.333. The summed E-state index contributed by atoms with van der Waals surface area (Å²) in [5.74, 6) is 0.931. The van der Waals surface area contributed by atoms with Gasteiger partial charge in [-0.25, -0.2) is 0 Å². The first kappa shape index (κ1) is 13.3. The van der Waals surface area contributed by atoms with E-state index in [-0.39, 0.29) is 6.04 Å². The SMILES string of the molecule is CCNC(c1cc(C)c(Br)s1)c1occc1Br. The first-order valence-electron chi connectivity index (χ1n) is 5.35. The van der Waals surface area contributed by atoms with Crippen molar-refractivity contribution in [1.82, 2.24) is 5.32 Å². The molecule has 5 heteroatoms. The van der Waals surface area contributed by atoms with Crippen LogP contribution in [0.25, 0.3) is 0 Å². The maximum Gasteiger partial charge on any atom is 0.140 e. The largest absolute Gasteiger partial charge is 0.466 e. The summed E-state index contributed by atoms with van der Waals surface area (Å²) in [5.41, 5.74) is 1.26. The Morgan fingerprint density at radius 3 is 2.71 bits per heavy atom. The Labute approximate surface area is 122 Å². The van der Waals surface area contributed by atoms with Gasteiger partial charge in [0.25, 0.3) is 0 Å². The molecule has 2 aromatic heterocycles. The number of hydrogen-bond acceptors (Lipinski definition) is 3. The summed E-state index contributed by atoms with van der Waals surface area (Å²) in [7, 11) is 0. The molecule has 1 unspecified atom stereocenters. The topological polar surface area (TPSA) is 25.2 Å². The molecule has 0 bridgehead atoms. The summed E-state index contributed by atoms with van der Waals surface area (Å²) in [4.78, 5) is 1.26. The van der Waals surface area contributed by atoms with E-state index in [9.17, 15) is 0 Å². The molecule has 1 atom stereocenters. The highest BCUT2D eigenvalue weighted by Crippen LogP contribution is 2.36. The number of nitrogens with one attached hydrogen (secondary N) is 1. The lowest BCUT2D eigenvalue weighted by molar-refractivity contribution is 0.453. The van der Waals surface area contributed by atoms with Gasteiger partial charge in [-0.3, -0.25) is 0 Å². The fourth-order valence-corrected chi connectivity index (χ4v) is 3.74. The zero-order valence-corrected chi connectivity index (χ0v) is 13.6. The number of halogens is 2. The van der Waals surface area contributed by atoms with Crippen molar-refractivity contribution < 1.29 is 4.42 Å². The number of hydrogen-bond donors (Lipinski definition) is 1. The van der Waals surface area contributed by atoms with E-state index in [1.807, 2.05) is 6.07 Å². The van der Waals surface area contributed by atoms with Crippen LogP contribution in [0, 0.1) is 6.92 Å². The van der Waals surface area contributed by atoms with Crippen molar-refractivity contribution in [2.24, 2.45) is 0 Å². The van der Waals surface area contributed by atoms with Crippen molar-refractivity contribution >= 4 is 43.2 Å². The summed E-state index contributed by atoms with van der Waals surface area (Å²) < 4.78 is 7.75. The lowest BCUT2D eigenvalue weighted by Crippen LogP contribution is -2.20. The van der Waals surface area contributed by atoms with Crippen LogP contribution in [0.5, 0.6) is 0 Å². The third-order valence-electron chi connectivity index (χ3n) is 2.48. The van der Waals surface area contributed by atoms with Crippen molar-refractivity contribution in [2.45, 2.75) is 19.9 Å². The lowest BCUT2D eigenvalue weighted by atomic mass is 10.1. The Kier molecular flexibility index (Phi) is 4.47. The average molecular weight is 379 g/mol. The maximum absolute atomic E-state index is 5.56. The van der Waals surface area contributed by atoms with Crippen LogP contribution in [0.4, 0.5) is 0 Å². The molecule has 0 radical (unpaired) electrons. The van der Waals surface area contributed by atoms with Gasteiger partial charge >= 0.3 is 0 Å². The molecule has 2 nitrogen and oxygen atoms in total. The van der Waals surface area contributed by atoms with Crippen LogP contribution in [-0.2, 0) is 0 Å². The highest BCUT2D eigenvalue weighted by atomic mass is 79.9. The van der Waals surface area contributed by atoms with Crippen LogP contribution in [0.2, 0.25) is 0 Å². The average Bonchev–Trinajstić information content (AvgIpc) is 2.83. The van der Waals surface area contributed by atoms with Crippen molar-refractivity contribution in [2.75, 3.05) is 6.54 Å². The second kappa shape index (κ2) is 5.69. The van der Waals surface area contributed by atoms with Gasteiger partial charge in [-0.1, -0.05) is 6.92 Å². The van der Waals surface area contributed by atoms with Gasteiger partial charge in [0.15, 0.2) is 0 Å². The molecule has 2 heterocycles. The smallest absolute Gasteiger partial charge is 0.140 e. The third-order valence-corrected chi connectivity index (χ3v) is 5.33. The summed E-state index contributed by atoms with van der Waals surface area (Å²) in [6.45, 7) is 5.09. The Morgan fingerprint density at radius 1 is 1.47 bits per heavy atom. The molecule has 0 amide bonds. The number of rotatable bonds is 4. The second-order valence-corrected chi connectivity index (χ2v) is 6.98. The monoisotopic (exact) mass is 377 g/mol. The molecule has 0 aliphatic heterocycles. The molecule has 1 N–H and O–H groups in total. The number of furan rings is 1. The predicted octanol–water partition coefficient (Wildman–Crippen LogP) is 4.87. The summed E-state index contributed by atoms with van der Waals surface area (Å²) in [6.07, 6.45) is 1.71. The van der Waals surface area contributed by atoms with Crippen LogP contribution in [0.3, 0.4) is 0 Å². The molecule has 0 aliphatic rings. The van der Waals surface area contributed by atoms with Gasteiger partial charge in [0.1, 0.15) is 11.8 Å². The van der Waals surface area contributed by atoms with Crippen molar-refractivity contribution in [3.05, 3.63) is 42.9 Å². The molecule has 0 saturated heterocycles. The van der Waals surface area contributed by atoms with E-state index >= 15 is 0 Å². The van der Waals surface area contributed by atoms with Gasteiger partial charge in [-0.05, 0) is 63.0 Å². The second-order valence-electron chi connectivity index (χ2n) is 3.73. The van der Waals surface area contributed by atoms with Gasteiger partial charge in [0, 0.05) is 4.88 Å². The van der Waals surface area contributed by atoms with E-state index in [0.29, 0.717) is 0 Å². The maximum atomic E-state index is 5.56.